The number of pyridine rings is 1. The maximum Gasteiger partial charge on any atom is 0.287 e. The molecule has 2 aromatic heterocycles. The van der Waals surface area contributed by atoms with E-state index in [1.165, 1.54) is 0 Å². The number of carbonyl (C=O) groups is 2. The summed E-state index contributed by atoms with van der Waals surface area (Å²) in [7, 11) is 0. The number of hydrogen-bond acceptors (Lipinski definition) is 5. The van der Waals surface area contributed by atoms with E-state index in [0.29, 0.717) is 17.8 Å². The van der Waals surface area contributed by atoms with Gasteiger partial charge in [-0.2, -0.15) is 0 Å². The van der Waals surface area contributed by atoms with Gasteiger partial charge in [-0.3, -0.25) is 9.59 Å². The Morgan fingerprint density at radius 3 is 2.57 bits per heavy atom. The fraction of sp³-hybridized carbons (Fsp3) is 0.111. The summed E-state index contributed by atoms with van der Waals surface area (Å²) in [6, 6.07) is 24.0. The van der Waals surface area contributed by atoms with Gasteiger partial charge in [0.1, 0.15) is 11.9 Å². The summed E-state index contributed by atoms with van der Waals surface area (Å²) in [5, 5.41) is 7.88. The predicted octanol–water partition coefficient (Wildman–Crippen LogP) is 3.35. The molecule has 5 N–H and O–H groups in total. The number of benzene rings is 3. The van der Waals surface area contributed by atoms with Crippen LogP contribution in [0.2, 0.25) is 0 Å². The molecule has 5 aromatic rings. The average molecular weight is 465 g/mol. The molecule has 5 rings (SSSR count). The van der Waals surface area contributed by atoms with E-state index in [4.69, 9.17) is 5.73 Å². The van der Waals surface area contributed by atoms with Crippen molar-refractivity contribution in [2.75, 3.05) is 5.73 Å². The van der Waals surface area contributed by atoms with Crippen LogP contribution in [0.25, 0.3) is 21.8 Å². The van der Waals surface area contributed by atoms with Gasteiger partial charge in [0.2, 0.25) is 5.91 Å². The second-order valence-electron chi connectivity index (χ2n) is 8.28. The highest BCUT2D eigenvalue weighted by molar-refractivity contribution is 5.97. The van der Waals surface area contributed by atoms with Crippen molar-refractivity contribution in [2.45, 2.75) is 19.0 Å². The molecule has 0 saturated heterocycles. The lowest BCUT2D eigenvalue weighted by molar-refractivity contribution is -0.123. The van der Waals surface area contributed by atoms with Crippen molar-refractivity contribution in [3.05, 3.63) is 102 Å². The number of fused-ring (bicyclic) bond motifs is 2. The molecule has 0 aliphatic carbocycles. The van der Waals surface area contributed by atoms with Crippen LogP contribution in [0.5, 0.6) is 0 Å². The minimum atomic E-state index is -0.816. The number of para-hydroxylation sites is 2. The summed E-state index contributed by atoms with van der Waals surface area (Å²) in [5.74, 6) is -0.188. The molecule has 3 aromatic carbocycles. The zero-order chi connectivity index (χ0) is 24.2. The number of nitrogens with one attached hydrogen (secondary N) is 3. The quantitative estimate of drug-likeness (QED) is 0.294. The lowest BCUT2D eigenvalue weighted by Crippen LogP contribution is -2.48. The number of H-pyrrole nitrogens is 1. The first-order chi connectivity index (χ1) is 17.1. The highest BCUT2D eigenvalue weighted by Gasteiger charge is 2.24. The van der Waals surface area contributed by atoms with Gasteiger partial charge in [-0.15, -0.1) is 0 Å². The fourth-order valence-electron chi connectivity index (χ4n) is 4.04. The van der Waals surface area contributed by atoms with E-state index >= 15 is 0 Å². The highest BCUT2D eigenvalue weighted by Crippen LogP contribution is 2.20. The number of rotatable bonds is 7. The van der Waals surface area contributed by atoms with Gasteiger partial charge in [-0.25, -0.2) is 9.97 Å². The Bertz CT molecular complexity index is 1470. The van der Waals surface area contributed by atoms with Crippen LogP contribution in [0.3, 0.4) is 0 Å². The second-order valence-corrected chi connectivity index (χ2v) is 8.28. The molecule has 0 aliphatic heterocycles. The first-order valence-electron chi connectivity index (χ1n) is 11.3. The molecule has 0 saturated carbocycles. The van der Waals surface area contributed by atoms with Crippen LogP contribution in [0.1, 0.15) is 21.7 Å². The van der Waals surface area contributed by atoms with Crippen LogP contribution in [-0.4, -0.2) is 32.8 Å². The van der Waals surface area contributed by atoms with Gasteiger partial charge in [0.25, 0.3) is 5.91 Å². The third-order valence-corrected chi connectivity index (χ3v) is 5.84. The monoisotopic (exact) mass is 464 g/mol. The Kier molecular flexibility index (Phi) is 6.09. The minimum absolute atomic E-state index is 0.157. The Labute approximate surface area is 201 Å². The number of carbonyl (C=O) groups excluding carboxylic acids is 2. The van der Waals surface area contributed by atoms with Crippen LogP contribution >= 0.6 is 0 Å². The molecule has 174 valence electrons. The molecule has 2 amide bonds. The molecule has 8 heteroatoms. The van der Waals surface area contributed by atoms with Crippen molar-refractivity contribution in [3.8, 4) is 0 Å². The van der Waals surface area contributed by atoms with E-state index in [2.05, 4.69) is 25.6 Å². The molecule has 0 radical (unpaired) electrons. The molecular formula is C27H24N6O2. The Hall–Kier alpha value is -4.72. The third kappa shape index (κ3) is 4.96. The summed E-state index contributed by atoms with van der Waals surface area (Å²) in [4.78, 5) is 37.8. The van der Waals surface area contributed by atoms with E-state index in [0.717, 1.165) is 27.4 Å². The van der Waals surface area contributed by atoms with Crippen LogP contribution in [0.15, 0.2) is 85.1 Å². The van der Waals surface area contributed by atoms with Gasteiger partial charge in [0.05, 0.1) is 11.0 Å². The molecular weight excluding hydrogens is 440 g/mol. The summed E-state index contributed by atoms with van der Waals surface area (Å²) in [6.45, 7) is 0.263. The normalized spacial score (nSPS) is 11.9. The predicted molar refractivity (Wildman–Crippen MR) is 135 cm³/mol. The van der Waals surface area contributed by atoms with Gasteiger partial charge in [0.15, 0.2) is 5.82 Å². The number of aromatic nitrogens is 3. The van der Waals surface area contributed by atoms with Gasteiger partial charge in [-0.1, -0.05) is 60.7 Å². The molecule has 35 heavy (non-hydrogen) atoms. The van der Waals surface area contributed by atoms with Crippen molar-refractivity contribution < 1.29 is 9.59 Å². The summed E-state index contributed by atoms with van der Waals surface area (Å²) >= 11 is 0. The Balaban J connectivity index is 1.39. The molecule has 2 heterocycles. The van der Waals surface area contributed by atoms with Crippen molar-refractivity contribution in [1.29, 1.82) is 0 Å². The molecule has 8 nitrogen and oxygen atoms in total. The zero-order valence-corrected chi connectivity index (χ0v) is 18.9. The van der Waals surface area contributed by atoms with Crippen molar-refractivity contribution >= 4 is 39.4 Å². The number of hydrogen-bond donors (Lipinski definition) is 4. The molecule has 0 aliphatic rings. The van der Waals surface area contributed by atoms with Gasteiger partial charge < -0.3 is 21.4 Å². The number of nitrogens with zero attached hydrogens (tertiary/aromatic N) is 2. The maximum atomic E-state index is 13.3. The standard InChI is InChI=1S/C27H24N6O2/c28-24-13-12-17(15-29-24)16-30-26(34)23(14-19-8-5-7-18-6-1-2-9-20(18)19)33-27(35)25-31-21-10-3-4-11-22(21)32-25/h1-13,15,23H,14,16H2,(H2,28,29)(H,30,34)(H,31,32)(H,33,35)/t23-/m0/s1. The topological polar surface area (TPSA) is 126 Å². The van der Waals surface area contributed by atoms with Crippen molar-refractivity contribution in [3.63, 3.8) is 0 Å². The lowest BCUT2D eigenvalue weighted by Gasteiger charge is -2.19. The Morgan fingerprint density at radius 1 is 0.943 bits per heavy atom. The lowest BCUT2D eigenvalue weighted by atomic mass is 9.98. The Morgan fingerprint density at radius 2 is 1.74 bits per heavy atom. The number of amides is 2. The van der Waals surface area contributed by atoms with Gasteiger partial charge in [-0.05, 0) is 40.1 Å². The number of nitrogen functional groups attached to an aromatic ring is 1. The van der Waals surface area contributed by atoms with E-state index < -0.39 is 11.9 Å². The van der Waals surface area contributed by atoms with E-state index in [-0.39, 0.29) is 18.3 Å². The van der Waals surface area contributed by atoms with E-state index in [9.17, 15) is 9.59 Å². The van der Waals surface area contributed by atoms with E-state index in [1.54, 1.807) is 18.3 Å². The summed E-state index contributed by atoms with van der Waals surface area (Å²) in [6.07, 6.45) is 1.93. The molecule has 0 fully saturated rings. The van der Waals surface area contributed by atoms with Gasteiger partial charge >= 0.3 is 0 Å². The number of nitrogens with two attached hydrogens (primary N) is 1. The first kappa shape index (κ1) is 22.1. The number of anilines is 1. The van der Waals surface area contributed by atoms with Crippen LogP contribution < -0.4 is 16.4 Å². The number of imidazole rings is 1. The molecule has 0 spiro atoms. The van der Waals surface area contributed by atoms with Gasteiger partial charge in [0, 0.05) is 19.2 Å². The van der Waals surface area contributed by atoms with Crippen LogP contribution in [-0.2, 0) is 17.8 Å². The minimum Gasteiger partial charge on any atom is -0.384 e. The average Bonchev–Trinajstić information content (AvgIpc) is 3.33. The molecule has 1 atom stereocenters. The number of aromatic amines is 1. The van der Waals surface area contributed by atoms with Crippen molar-refractivity contribution in [2.24, 2.45) is 0 Å². The highest BCUT2D eigenvalue weighted by atomic mass is 16.2. The van der Waals surface area contributed by atoms with E-state index in [1.807, 2.05) is 66.7 Å². The molecule has 0 unspecified atom stereocenters. The molecule has 0 bridgehead atoms. The smallest absolute Gasteiger partial charge is 0.287 e. The van der Waals surface area contributed by atoms with Crippen molar-refractivity contribution in [1.82, 2.24) is 25.6 Å². The largest absolute Gasteiger partial charge is 0.384 e. The third-order valence-electron chi connectivity index (χ3n) is 5.84. The zero-order valence-electron chi connectivity index (χ0n) is 18.9. The van der Waals surface area contributed by atoms with Crippen LogP contribution in [0, 0.1) is 0 Å². The second kappa shape index (κ2) is 9.64. The fourth-order valence-corrected chi connectivity index (χ4v) is 4.04. The maximum absolute atomic E-state index is 13.3. The summed E-state index contributed by atoms with van der Waals surface area (Å²) < 4.78 is 0. The van der Waals surface area contributed by atoms with Crippen LogP contribution in [0.4, 0.5) is 5.82 Å². The SMILES string of the molecule is Nc1ccc(CNC(=O)[C@H](Cc2cccc3ccccc23)NC(=O)c2nc3ccccc3[nH]2)cn1. The summed E-state index contributed by atoms with van der Waals surface area (Å²) in [5.41, 5.74) is 8.85. The first-order valence-corrected chi connectivity index (χ1v) is 11.3.